The molecule has 2 amide bonds. The first-order valence-electron chi connectivity index (χ1n) is 15.5. The number of anilines is 1. The lowest BCUT2D eigenvalue weighted by molar-refractivity contribution is -0.140. The van der Waals surface area contributed by atoms with E-state index in [2.05, 4.69) is 5.32 Å². The van der Waals surface area contributed by atoms with Gasteiger partial charge >= 0.3 is 0 Å². The molecule has 0 aromatic heterocycles. The molecule has 1 N–H and O–H groups in total. The van der Waals surface area contributed by atoms with Gasteiger partial charge in [0.15, 0.2) is 0 Å². The van der Waals surface area contributed by atoms with E-state index in [1.165, 1.54) is 16.4 Å². The van der Waals surface area contributed by atoms with Crippen LogP contribution < -0.4 is 9.62 Å². The first-order chi connectivity index (χ1) is 21.6. The third kappa shape index (κ3) is 8.39. The first-order valence-corrected chi connectivity index (χ1v) is 16.9. The molecule has 2 atom stereocenters. The van der Waals surface area contributed by atoms with E-state index < -0.39 is 28.5 Å². The van der Waals surface area contributed by atoms with Crippen molar-refractivity contribution in [1.29, 1.82) is 0 Å². The summed E-state index contributed by atoms with van der Waals surface area (Å²) in [6.45, 7) is 7.51. The Balaban J connectivity index is 1.84. The minimum Gasteiger partial charge on any atom is -0.352 e. The van der Waals surface area contributed by atoms with Crippen LogP contribution in [0.2, 0.25) is 0 Å². The number of sulfonamides is 1. The standard InChI is InChI=1S/C37H43N3O4S/c1-5-29(4)38-37(42)35(25-30-18-9-7-10-19-30)39(26-32-21-14-13-17-28(32)3)36(41)27-40(34-24-16-15-20-31(34)6-2)45(43,44)33-22-11-8-12-23-33/h7-24,29,35H,5-6,25-27H2,1-4H3,(H,38,42)/t29-,35+/m1/s1. The number of benzene rings is 4. The molecule has 0 unspecified atom stereocenters. The zero-order valence-electron chi connectivity index (χ0n) is 26.5. The number of amides is 2. The van der Waals surface area contributed by atoms with Gasteiger partial charge in [-0.3, -0.25) is 13.9 Å². The summed E-state index contributed by atoms with van der Waals surface area (Å²) in [5.74, 6) is -0.745. The largest absolute Gasteiger partial charge is 0.352 e. The van der Waals surface area contributed by atoms with Crippen LogP contribution in [0.25, 0.3) is 0 Å². The number of para-hydroxylation sites is 1. The molecule has 236 valence electrons. The summed E-state index contributed by atoms with van der Waals surface area (Å²) in [6.07, 6.45) is 1.58. The van der Waals surface area contributed by atoms with Gasteiger partial charge < -0.3 is 10.2 Å². The van der Waals surface area contributed by atoms with Gasteiger partial charge in [-0.15, -0.1) is 0 Å². The highest BCUT2D eigenvalue weighted by atomic mass is 32.2. The second kappa shape index (κ2) is 15.5. The van der Waals surface area contributed by atoms with Crippen molar-refractivity contribution in [2.24, 2.45) is 0 Å². The number of hydrogen-bond donors (Lipinski definition) is 1. The van der Waals surface area contributed by atoms with Crippen LogP contribution >= 0.6 is 0 Å². The number of aryl methyl sites for hydroxylation is 2. The molecule has 0 saturated carbocycles. The summed E-state index contributed by atoms with van der Waals surface area (Å²) in [5, 5.41) is 3.08. The topological polar surface area (TPSA) is 86.8 Å². The van der Waals surface area contributed by atoms with Crippen molar-refractivity contribution >= 4 is 27.5 Å². The smallest absolute Gasteiger partial charge is 0.264 e. The molecule has 0 saturated heterocycles. The normalized spacial score (nSPS) is 12.6. The Morgan fingerprint density at radius 3 is 1.98 bits per heavy atom. The van der Waals surface area contributed by atoms with Crippen LogP contribution in [0, 0.1) is 6.92 Å². The van der Waals surface area contributed by atoms with E-state index in [1.807, 2.05) is 94.4 Å². The first kappa shape index (κ1) is 33.5. The summed E-state index contributed by atoms with van der Waals surface area (Å²) in [5.41, 5.74) is 3.99. The number of carbonyl (C=O) groups excluding carboxylic acids is 2. The van der Waals surface area contributed by atoms with Crippen LogP contribution in [0.15, 0.2) is 114 Å². The molecule has 0 aliphatic heterocycles. The van der Waals surface area contributed by atoms with Gasteiger partial charge in [0.05, 0.1) is 10.6 Å². The number of carbonyl (C=O) groups is 2. The Kier molecular flexibility index (Phi) is 11.5. The molecule has 0 aliphatic carbocycles. The number of hydrogen-bond acceptors (Lipinski definition) is 4. The summed E-state index contributed by atoms with van der Waals surface area (Å²) in [6, 6.07) is 31.7. The lowest BCUT2D eigenvalue weighted by atomic mass is 10.0. The van der Waals surface area contributed by atoms with Crippen LogP contribution in [0.1, 0.15) is 49.4 Å². The Bertz CT molecular complexity index is 1680. The van der Waals surface area contributed by atoms with Gasteiger partial charge in [-0.25, -0.2) is 8.42 Å². The Morgan fingerprint density at radius 2 is 1.36 bits per heavy atom. The van der Waals surface area contributed by atoms with Crippen molar-refractivity contribution in [2.45, 2.75) is 70.5 Å². The predicted molar refractivity (Wildman–Crippen MR) is 180 cm³/mol. The molecule has 0 radical (unpaired) electrons. The fraction of sp³-hybridized carbons (Fsp3) is 0.297. The Morgan fingerprint density at radius 1 is 0.778 bits per heavy atom. The maximum Gasteiger partial charge on any atom is 0.264 e. The van der Waals surface area contributed by atoms with Crippen molar-refractivity contribution in [3.05, 3.63) is 131 Å². The van der Waals surface area contributed by atoms with Crippen LogP contribution in [-0.4, -0.2) is 43.8 Å². The lowest BCUT2D eigenvalue weighted by Crippen LogP contribution is -2.54. The van der Waals surface area contributed by atoms with E-state index in [0.717, 1.165) is 28.7 Å². The van der Waals surface area contributed by atoms with E-state index in [-0.39, 0.29) is 29.8 Å². The van der Waals surface area contributed by atoms with E-state index in [0.29, 0.717) is 12.1 Å². The minimum atomic E-state index is -4.14. The van der Waals surface area contributed by atoms with Gasteiger partial charge in [-0.05, 0) is 67.1 Å². The summed E-state index contributed by atoms with van der Waals surface area (Å²) in [4.78, 5) is 30.3. The highest BCUT2D eigenvalue weighted by molar-refractivity contribution is 7.92. The molecule has 0 heterocycles. The summed E-state index contributed by atoms with van der Waals surface area (Å²) >= 11 is 0. The average Bonchev–Trinajstić information content (AvgIpc) is 3.06. The van der Waals surface area contributed by atoms with Gasteiger partial charge in [0.2, 0.25) is 11.8 Å². The molecular formula is C37H43N3O4S. The SMILES string of the molecule is CCc1ccccc1N(CC(=O)N(Cc1ccccc1C)[C@@H](Cc1ccccc1)C(=O)N[C@H](C)CC)S(=O)(=O)c1ccccc1. The van der Waals surface area contributed by atoms with Gasteiger partial charge in [-0.1, -0.05) is 105 Å². The second-order valence-corrected chi connectivity index (χ2v) is 13.1. The van der Waals surface area contributed by atoms with Gasteiger partial charge in [-0.2, -0.15) is 0 Å². The number of nitrogens with one attached hydrogen (secondary N) is 1. The zero-order chi connectivity index (χ0) is 32.4. The summed E-state index contributed by atoms with van der Waals surface area (Å²) in [7, 11) is -4.14. The zero-order valence-corrected chi connectivity index (χ0v) is 27.3. The molecule has 0 aliphatic rings. The minimum absolute atomic E-state index is 0.0875. The number of rotatable bonds is 14. The number of nitrogens with zero attached hydrogens (tertiary/aromatic N) is 2. The van der Waals surface area contributed by atoms with Crippen molar-refractivity contribution < 1.29 is 18.0 Å². The Hall–Kier alpha value is -4.43. The molecule has 7 nitrogen and oxygen atoms in total. The lowest BCUT2D eigenvalue weighted by Gasteiger charge is -2.35. The molecule has 4 aromatic carbocycles. The Labute approximate surface area is 268 Å². The molecule has 4 rings (SSSR count). The van der Waals surface area contributed by atoms with Gasteiger partial charge in [0, 0.05) is 19.0 Å². The van der Waals surface area contributed by atoms with E-state index in [4.69, 9.17) is 0 Å². The van der Waals surface area contributed by atoms with Gasteiger partial charge in [0.25, 0.3) is 10.0 Å². The highest BCUT2D eigenvalue weighted by Crippen LogP contribution is 2.28. The predicted octanol–water partition coefficient (Wildman–Crippen LogP) is 6.31. The molecule has 0 fully saturated rings. The van der Waals surface area contributed by atoms with E-state index >= 15 is 0 Å². The van der Waals surface area contributed by atoms with Crippen molar-refractivity contribution in [2.75, 3.05) is 10.8 Å². The second-order valence-electron chi connectivity index (χ2n) is 11.3. The van der Waals surface area contributed by atoms with Crippen LogP contribution in [0.3, 0.4) is 0 Å². The van der Waals surface area contributed by atoms with Crippen molar-refractivity contribution in [3.63, 3.8) is 0 Å². The van der Waals surface area contributed by atoms with Crippen LogP contribution in [-0.2, 0) is 39.0 Å². The molecule has 0 spiro atoms. The van der Waals surface area contributed by atoms with Crippen molar-refractivity contribution in [3.8, 4) is 0 Å². The third-order valence-electron chi connectivity index (χ3n) is 8.13. The highest BCUT2D eigenvalue weighted by Gasteiger charge is 2.35. The molecule has 0 bridgehead atoms. The van der Waals surface area contributed by atoms with Crippen LogP contribution in [0.5, 0.6) is 0 Å². The monoisotopic (exact) mass is 625 g/mol. The maximum absolute atomic E-state index is 14.7. The van der Waals surface area contributed by atoms with E-state index in [1.54, 1.807) is 35.2 Å². The van der Waals surface area contributed by atoms with Crippen molar-refractivity contribution in [1.82, 2.24) is 10.2 Å². The third-order valence-corrected chi connectivity index (χ3v) is 9.90. The maximum atomic E-state index is 14.7. The molecule has 4 aromatic rings. The quantitative estimate of drug-likeness (QED) is 0.178. The van der Waals surface area contributed by atoms with E-state index in [9.17, 15) is 18.0 Å². The average molecular weight is 626 g/mol. The molecule has 45 heavy (non-hydrogen) atoms. The fourth-order valence-electron chi connectivity index (χ4n) is 5.25. The molecule has 8 heteroatoms. The van der Waals surface area contributed by atoms with Gasteiger partial charge in [0.1, 0.15) is 12.6 Å². The summed E-state index contributed by atoms with van der Waals surface area (Å²) < 4.78 is 29.6. The van der Waals surface area contributed by atoms with Crippen LogP contribution in [0.4, 0.5) is 5.69 Å². The molecular weight excluding hydrogens is 582 g/mol. The fourth-order valence-corrected chi connectivity index (χ4v) is 6.73.